The highest BCUT2D eigenvalue weighted by Crippen LogP contribution is 2.75. The van der Waals surface area contributed by atoms with Gasteiger partial charge >= 0.3 is 0 Å². The van der Waals surface area contributed by atoms with E-state index in [-0.39, 0.29) is 11.5 Å². The standard InChI is InChI=1S/C30H52O/c1-18-17-19(2)21-11-15-29(7)22(26(21)20(18)3)9-10-24-28(6)14-13-25(31)27(4,5)23(28)12-16-30(24,29)8/h18-26,31H,9-17H2,1-8H3/t18-,19-,20+,21+,22-,23+,24-,25+,26-,28+,29-,30-/m1/s1. The SMILES string of the molecule is C[C@@H]1[C@@H]2[C@@H](CC[C@]3(C)[C@@H]2CC[C@@H]2[C@@]4(C)CC[C@H](O)C(C)(C)[C@@H]4CC[C@]23C)[C@H](C)C[C@H]1C. The predicted molar refractivity (Wildman–Crippen MR) is 131 cm³/mol. The molecule has 5 saturated carbocycles. The molecule has 1 N–H and O–H groups in total. The molecule has 0 aromatic carbocycles. The Morgan fingerprint density at radius 1 is 0.677 bits per heavy atom. The lowest BCUT2D eigenvalue weighted by molar-refractivity contribution is -0.249. The first kappa shape index (κ1) is 22.7. The largest absolute Gasteiger partial charge is 0.393 e. The molecule has 0 saturated heterocycles. The van der Waals surface area contributed by atoms with Gasteiger partial charge in [-0.2, -0.15) is 0 Å². The van der Waals surface area contributed by atoms with Crippen LogP contribution in [0.15, 0.2) is 0 Å². The van der Waals surface area contributed by atoms with Crippen LogP contribution in [0.5, 0.6) is 0 Å². The molecule has 0 spiro atoms. The first-order valence-corrected chi connectivity index (χ1v) is 14.1. The monoisotopic (exact) mass is 428 g/mol. The minimum Gasteiger partial charge on any atom is -0.393 e. The molecule has 0 aromatic rings. The van der Waals surface area contributed by atoms with Gasteiger partial charge in [-0.05, 0) is 127 Å². The Bertz CT molecular complexity index is 711. The zero-order valence-corrected chi connectivity index (χ0v) is 22.0. The summed E-state index contributed by atoms with van der Waals surface area (Å²) in [5.41, 5.74) is 1.48. The first-order chi connectivity index (χ1) is 14.4. The Kier molecular flexibility index (Phi) is 5.13. The van der Waals surface area contributed by atoms with Crippen LogP contribution in [-0.2, 0) is 0 Å². The summed E-state index contributed by atoms with van der Waals surface area (Å²) in [6.07, 6.45) is 12.3. The van der Waals surface area contributed by atoms with Crippen molar-refractivity contribution in [2.75, 3.05) is 0 Å². The number of aliphatic hydroxyl groups is 1. The molecule has 5 aliphatic rings. The van der Waals surface area contributed by atoms with Gasteiger partial charge in [0.05, 0.1) is 6.10 Å². The van der Waals surface area contributed by atoms with E-state index < -0.39 is 0 Å². The normalized spacial score (nSPS) is 60.9. The molecular weight excluding hydrogens is 376 g/mol. The summed E-state index contributed by atoms with van der Waals surface area (Å²) in [6.45, 7) is 20.7. The van der Waals surface area contributed by atoms with Gasteiger partial charge in [-0.15, -0.1) is 0 Å². The van der Waals surface area contributed by atoms with Gasteiger partial charge in [-0.3, -0.25) is 0 Å². The average molecular weight is 429 g/mol. The third kappa shape index (κ3) is 2.77. The van der Waals surface area contributed by atoms with Crippen molar-refractivity contribution in [1.29, 1.82) is 0 Å². The van der Waals surface area contributed by atoms with E-state index in [0.717, 1.165) is 47.8 Å². The number of hydrogen-bond donors (Lipinski definition) is 1. The molecule has 0 unspecified atom stereocenters. The van der Waals surface area contributed by atoms with Crippen LogP contribution in [-0.4, -0.2) is 11.2 Å². The summed E-state index contributed by atoms with van der Waals surface area (Å²) >= 11 is 0. The summed E-state index contributed by atoms with van der Waals surface area (Å²) in [6, 6.07) is 0. The van der Waals surface area contributed by atoms with E-state index in [1.165, 1.54) is 51.4 Å². The zero-order valence-electron chi connectivity index (χ0n) is 22.0. The topological polar surface area (TPSA) is 20.2 Å². The molecule has 1 nitrogen and oxygen atoms in total. The molecule has 5 fully saturated rings. The lowest BCUT2D eigenvalue weighted by Gasteiger charge is -2.73. The summed E-state index contributed by atoms with van der Waals surface area (Å²) in [5.74, 6) is 7.16. The molecule has 5 rings (SSSR count). The Balaban J connectivity index is 1.52. The quantitative estimate of drug-likeness (QED) is 0.415. The average Bonchev–Trinajstić information content (AvgIpc) is 2.69. The molecule has 12 atom stereocenters. The first-order valence-electron chi connectivity index (χ1n) is 14.1. The van der Waals surface area contributed by atoms with Crippen LogP contribution in [0.2, 0.25) is 0 Å². The number of fused-ring (bicyclic) bond motifs is 7. The van der Waals surface area contributed by atoms with Crippen molar-refractivity contribution in [3.8, 4) is 0 Å². The maximum Gasteiger partial charge on any atom is 0.0594 e. The van der Waals surface area contributed by atoms with Crippen LogP contribution in [0.3, 0.4) is 0 Å². The molecule has 178 valence electrons. The highest BCUT2D eigenvalue weighted by Gasteiger charge is 2.68. The van der Waals surface area contributed by atoms with Gasteiger partial charge in [0.15, 0.2) is 0 Å². The lowest BCUT2D eigenvalue weighted by Crippen LogP contribution is -2.66. The van der Waals surface area contributed by atoms with E-state index in [0.29, 0.717) is 22.2 Å². The van der Waals surface area contributed by atoms with Crippen molar-refractivity contribution in [3.63, 3.8) is 0 Å². The van der Waals surface area contributed by atoms with Crippen molar-refractivity contribution < 1.29 is 5.11 Å². The fourth-order valence-electron chi connectivity index (χ4n) is 11.8. The van der Waals surface area contributed by atoms with E-state index in [2.05, 4.69) is 55.4 Å². The number of rotatable bonds is 0. The zero-order chi connectivity index (χ0) is 22.6. The van der Waals surface area contributed by atoms with Crippen LogP contribution >= 0.6 is 0 Å². The van der Waals surface area contributed by atoms with Crippen molar-refractivity contribution in [3.05, 3.63) is 0 Å². The van der Waals surface area contributed by atoms with Gasteiger partial charge in [0.1, 0.15) is 0 Å². The minimum absolute atomic E-state index is 0.0759. The molecule has 5 aliphatic carbocycles. The molecule has 0 radical (unpaired) electrons. The van der Waals surface area contributed by atoms with Crippen LogP contribution in [0.4, 0.5) is 0 Å². The van der Waals surface area contributed by atoms with E-state index >= 15 is 0 Å². The number of aliphatic hydroxyl groups excluding tert-OH is 1. The number of hydrogen-bond acceptors (Lipinski definition) is 1. The van der Waals surface area contributed by atoms with E-state index in [1.807, 2.05) is 0 Å². The van der Waals surface area contributed by atoms with E-state index in [1.54, 1.807) is 0 Å². The van der Waals surface area contributed by atoms with Gasteiger partial charge in [0, 0.05) is 0 Å². The second-order valence-electron chi connectivity index (χ2n) is 14.9. The van der Waals surface area contributed by atoms with Crippen LogP contribution < -0.4 is 0 Å². The smallest absolute Gasteiger partial charge is 0.0594 e. The third-order valence-corrected chi connectivity index (χ3v) is 13.9. The highest BCUT2D eigenvalue weighted by molar-refractivity contribution is 5.17. The lowest BCUT2D eigenvalue weighted by atomic mass is 9.32. The molecule has 0 aliphatic heterocycles. The summed E-state index contributed by atoms with van der Waals surface area (Å²) < 4.78 is 0. The maximum atomic E-state index is 10.9. The van der Waals surface area contributed by atoms with Crippen LogP contribution in [0, 0.1) is 69.0 Å². The highest BCUT2D eigenvalue weighted by atomic mass is 16.3. The Hall–Kier alpha value is -0.0400. The molecule has 0 heterocycles. The van der Waals surface area contributed by atoms with Gasteiger partial charge in [0.2, 0.25) is 0 Å². The molecule has 0 amide bonds. The Labute approximate surface area is 193 Å². The molecule has 31 heavy (non-hydrogen) atoms. The summed E-state index contributed by atoms with van der Waals surface area (Å²) in [4.78, 5) is 0. The van der Waals surface area contributed by atoms with Crippen molar-refractivity contribution >= 4 is 0 Å². The molecule has 0 bridgehead atoms. The summed E-state index contributed by atoms with van der Waals surface area (Å²) in [5, 5.41) is 10.9. The summed E-state index contributed by atoms with van der Waals surface area (Å²) in [7, 11) is 0. The predicted octanol–water partition coefficient (Wildman–Crippen LogP) is 7.96. The second-order valence-corrected chi connectivity index (χ2v) is 14.9. The van der Waals surface area contributed by atoms with E-state index in [9.17, 15) is 5.11 Å². The van der Waals surface area contributed by atoms with Crippen molar-refractivity contribution in [1.82, 2.24) is 0 Å². The third-order valence-electron chi connectivity index (χ3n) is 13.9. The molecule has 0 aromatic heterocycles. The van der Waals surface area contributed by atoms with Gasteiger partial charge in [-0.25, -0.2) is 0 Å². The molecule has 1 heteroatoms. The molecular formula is C30H52O. The van der Waals surface area contributed by atoms with Gasteiger partial charge < -0.3 is 5.11 Å². The Morgan fingerprint density at radius 2 is 1.35 bits per heavy atom. The Morgan fingerprint density at radius 3 is 2.06 bits per heavy atom. The van der Waals surface area contributed by atoms with Crippen LogP contribution in [0.25, 0.3) is 0 Å². The van der Waals surface area contributed by atoms with Gasteiger partial charge in [-0.1, -0.05) is 55.4 Å². The second kappa shape index (κ2) is 6.99. The maximum absolute atomic E-state index is 10.9. The fraction of sp³-hybridized carbons (Fsp3) is 1.00. The van der Waals surface area contributed by atoms with Crippen molar-refractivity contribution in [2.24, 2.45) is 69.0 Å². The van der Waals surface area contributed by atoms with E-state index in [4.69, 9.17) is 0 Å². The van der Waals surface area contributed by atoms with Crippen LogP contribution in [0.1, 0.15) is 113 Å². The fourth-order valence-corrected chi connectivity index (χ4v) is 11.8. The van der Waals surface area contributed by atoms with Crippen molar-refractivity contribution in [2.45, 2.75) is 119 Å². The van der Waals surface area contributed by atoms with Gasteiger partial charge in [0.25, 0.3) is 0 Å². The minimum atomic E-state index is -0.108.